The van der Waals surface area contributed by atoms with E-state index in [4.69, 9.17) is 0 Å². The van der Waals surface area contributed by atoms with Crippen LogP contribution >= 0.6 is 0 Å². The minimum Gasteiger partial charge on any atom is -0.478 e. The van der Waals surface area contributed by atoms with E-state index in [1.807, 2.05) is 25.1 Å². The molecule has 2 aromatic heterocycles. The molecule has 0 aliphatic carbocycles. The van der Waals surface area contributed by atoms with Gasteiger partial charge < -0.3 is 5.11 Å². The first-order valence-electron chi connectivity index (χ1n) is 7.88. The second-order valence-corrected chi connectivity index (χ2v) is 6.07. The van der Waals surface area contributed by atoms with Crippen molar-refractivity contribution >= 4 is 28.6 Å². The number of amides is 1. The SMILES string of the molecule is CC(=O)N1Cc2c(nc3ccccc3c2C(=O)O)-c2ccc(C)nc21. The highest BCUT2D eigenvalue weighted by Crippen LogP contribution is 2.40. The highest BCUT2D eigenvalue weighted by molar-refractivity contribution is 6.08. The molecule has 0 spiro atoms. The summed E-state index contributed by atoms with van der Waals surface area (Å²) in [6, 6.07) is 10.8. The summed E-state index contributed by atoms with van der Waals surface area (Å²) < 4.78 is 0. The van der Waals surface area contributed by atoms with Crippen LogP contribution in [0.2, 0.25) is 0 Å². The van der Waals surface area contributed by atoms with Crippen LogP contribution < -0.4 is 4.90 Å². The van der Waals surface area contributed by atoms with Crippen molar-refractivity contribution < 1.29 is 14.7 Å². The molecule has 0 fully saturated rings. The molecule has 6 nitrogen and oxygen atoms in total. The number of carboxylic acids is 1. The van der Waals surface area contributed by atoms with Crippen molar-refractivity contribution in [3.8, 4) is 11.3 Å². The van der Waals surface area contributed by atoms with Crippen molar-refractivity contribution in [1.29, 1.82) is 0 Å². The number of rotatable bonds is 1. The number of anilines is 1. The van der Waals surface area contributed by atoms with Crippen LogP contribution in [0.15, 0.2) is 36.4 Å². The van der Waals surface area contributed by atoms with E-state index in [2.05, 4.69) is 9.97 Å². The smallest absolute Gasteiger partial charge is 0.336 e. The number of aryl methyl sites for hydroxylation is 1. The molecule has 0 radical (unpaired) electrons. The van der Waals surface area contributed by atoms with Gasteiger partial charge in [0.2, 0.25) is 5.91 Å². The Morgan fingerprint density at radius 3 is 2.60 bits per heavy atom. The predicted molar refractivity (Wildman–Crippen MR) is 93.5 cm³/mol. The molecule has 1 aliphatic rings. The molecule has 6 heteroatoms. The van der Waals surface area contributed by atoms with Gasteiger partial charge in [0.1, 0.15) is 5.82 Å². The molecular weight excluding hydrogens is 318 g/mol. The van der Waals surface area contributed by atoms with Gasteiger partial charge in [0.15, 0.2) is 0 Å². The Morgan fingerprint density at radius 1 is 1.12 bits per heavy atom. The Morgan fingerprint density at radius 2 is 1.88 bits per heavy atom. The van der Waals surface area contributed by atoms with E-state index < -0.39 is 5.97 Å². The molecule has 0 saturated carbocycles. The summed E-state index contributed by atoms with van der Waals surface area (Å²) in [5, 5.41) is 10.4. The quantitative estimate of drug-likeness (QED) is 0.739. The summed E-state index contributed by atoms with van der Waals surface area (Å²) in [4.78, 5) is 34.8. The van der Waals surface area contributed by atoms with E-state index in [-0.39, 0.29) is 18.0 Å². The molecular formula is C19H15N3O3. The van der Waals surface area contributed by atoms with Crippen molar-refractivity contribution in [3.63, 3.8) is 0 Å². The highest BCUT2D eigenvalue weighted by Gasteiger charge is 2.31. The van der Waals surface area contributed by atoms with Crippen LogP contribution in [0.25, 0.3) is 22.2 Å². The Labute approximate surface area is 143 Å². The van der Waals surface area contributed by atoms with Crippen molar-refractivity contribution in [2.24, 2.45) is 0 Å². The number of hydrogen-bond acceptors (Lipinski definition) is 4. The molecule has 0 saturated heterocycles. The lowest BCUT2D eigenvalue weighted by atomic mass is 9.93. The maximum absolute atomic E-state index is 12.1. The first kappa shape index (κ1) is 15.3. The van der Waals surface area contributed by atoms with Gasteiger partial charge in [-0.05, 0) is 25.1 Å². The number of carboxylic acid groups (broad SMARTS) is 1. The van der Waals surface area contributed by atoms with Crippen LogP contribution in [0.5, 0.6) is 0 Å². The maximum atomic E-state index is 12.1. The lowest BCUT2D eigenvalue weighted by molar-refractivity contribution is -0.116. The third-order valence-electron chi connectivity index (χ3n) is 4.43. The van der Waals surface area contributed by atoms with E-state index in [9.17, 15) is 14.7 Å². The average molecular weight is 333 g/mol. The number of nitrogens with zero attached hydrogens (tertiary/aromatic N) is 3. The number of benzene rings is 1. The van der Waals surface area contributed by atoms with Crippen LogP contribution in [0.1, 0.15) is 28.5 Å². The van der Waals surface area contributed by atoms with Gasteiger partial charge in [-0.2, -0.15) is 0 Å². The number of hydrogen-bond donors (Lipinski definition) is 1. The van der Waals surface area contributed by atoms with Crippen molar-refractivity contribution in [1.82, 2.24) is 9.97 Å². The zero-order chi connectivity index (χ0) is 17.7. The lowest BCUT2D eigenvalue weighted by Crippen LogP contribution is -2.33. The fraction of sp³-hybridized carbons (Fsp3) is 0.158. The Hall–Kier alpha value is -3.28. The number of pyridine rings is 2. The van der Waals surface area contributed by atoms with Gasteiger partial charge in [-0.3, -0.25) is 9.69 Å². The minimum absolute atomic E-state index is 0.146. The Bertz CT molecular complexity index is 1060. The zero-order valence-electron chi connectivity index (χ0n) is 13.8. The normalized spacial score (nSPS) is 12.6. The van der Waals surface area contributed by atoms with Gasteiger partial charge in [-0.15, -0.1) is 0 Å². The van der Waals surface area contributed by atoms with Crippen molar-refractivity contribution in [2.75, 3.05) is 4.90 Å². The number of aromatic carboxylic acids is 1. The fourth-order valence-electron chi connectivity index (χ4n) is 3.30. The second-order valence-electron chi connectivity index (χ2n) is 6.07. The molecule has 3 heterocycles. The van der Waals surface area contributed by atoms with Crippen molar-refractivity contribution in [2.45, 2.75) is 20.4 Å². The summed E-state index contributed by atoms with van der Waals surface area (Å²) in [5.74, 6) is -0.685. The molecule has 3 aromatic rings. The third-order valence-corrected chi connectivity index (χ3v) is 4.43. The largest absolute Gasteiger partial charge is 0.478 e. The van der Waals surface area contributed by atoms with E-state index >= 15 is 0 Å². The van der Waals surface area contributed by atoms with Crippen LogP contribution in [-0.2, 0) is 11.3 Å². The average Bonchev–Trinajstić information content (AvgIpc) is 2.58. The van der Waals surface area contributed by atoms with E-state index in [1.54, 1.807) is 18.2 Å². The monoisotopic (exact) mass is 333 g/mol. The lowest BCUT2D eigenvalue weighted by Gasteiger charge is -2.30. The Balaban J connectivity index is 2.13. The van der Waals surface area contributed by atoms with Gasteiger partial charge in [0.25, 0.3) is 0 Å². The topological polar surface area (TPSA) is 83.4 Å². The van der Waals surface area contributed by atoms with Gasteiger partial charge >= 0.3 is 5.97 Å². The van der Waals surface area contributed by atoms with Gasteiger partial charge in [-0.25, -0.2) is 14.8 Å². The van der Waals surface area contributed by atoms with Crippen LogP contribution in [0.3, 0.4) is 0 Å². The standard InChI is InChI=1S/C19H15N3O3/c1-10-7-8-13-17-14(9-22(11(2)23)18(13)20-10)16(19(24)25)12-5-3-4-6-15(12)21-17/h3-8H,9H2,1-2H3,(H,24,25). The highest BCUT2D eigenvalue weighted by atomic mass is 16.4. The van der Waals surface area contributed by atoms with Gasteiger partial charge in [-0.1, -0.05) is 18.2 Å². The molecule has 124 valence electrons. The van der Waals surface area contributed by atoms with E-state index in [1.165, 1.54) is 11.8 Å². The van der Waals surface area contributed by atoms with E-state index in [0.29, 0.717) is 33.5 Å². The van der Waals surface area contributed by atoms with Gasteiger partial charge in [0, 0.05) is 29.1 Å². The number of carbonyl (C=O) groups excluding carboxylic acids is 1. The number of aromatic nitrogens is 2. The maximum Gasteiger partial charge on any atom is 0.336 e. The summed E-state index contributed by atoms with van der Waals surface area (Å²) in [7, 11) is 0. The molecule has 0 unspecified atom stereocenters. The first-order valence-corrected chi connectivity index (χ1v) is 7.88. The van der Waals surface area contributed by atoms with Gasteiger partial charge in [0.05, 0.1) is 23.3 Å². The number of fused-ring (bicyclic) bond motifs is 4. The zero-order valence-corrected chi connectivity index (χ0v) is 13.8. The molecule has 25 heavy (non-hydrogen) atoms. The summed E-state index contributed by atoms with van der Waals surface area (Å²) in [6.45, 7) is 3.45. The van der Waals surface area contributed by atoms with Crippen LogP contribution in [0, 0.1) is 6.92 Å². The molecule has 1 aromatic carbocycles. The molecule has 4 rings (SSSR count). The minimum atomic E-state index is -1.03. The summed E-state index contributed by atoms with van der Waals surface area (Å²) in [5.41, 5.74) is 3.39. The summed E-state index contributed by atoms with van der Waals surface area (Å²) >= 11 is 0. The second kappa shape index (κ2) is 5.37. The molecule has 0 bridgehead atoms. The van der Waals surface area contributed by atoms with Crippen LogP contribution in [-0.4, -0.2) is 27.0 Å². The third kappa shape index (κ3) is 2.26. The molecule has 0 atom stereocenters. The molecule has 1 N–H and O–H groups in total. The number of para-hydroxylation sites is 1. The Kier molecular flexibility index (Phi) is 3.28. The first-order chi connectivity index (χ1) is 12.0. The van der Waals surface area contributed by atoms with Crippen LogP contribution in [0.4, 0.5) is 5.82 Å². The van der Waals surface area contributed by atoms with Crippen molar-refractivity contribution in [3.05, 3.63) is 53.2 Å². The predicted octanol–water partition coefficient (Wildman–Crippen LogP) is 3.17. The van der Waals surface area contributed by atoms with E-state index in [0.717, 1.165) is 5.69 Å². The molecule has 1 amide bonds. The summed E-state index contributed by atoms with van der Waals surface area (Å²) in [6.07, 6.45) is 0. The fourth-order valence-corrected chi connectivity index (χ4v) is 3.30. The number of carbonyl (C=O) groups is 2. The molecule has 1 aliphatic heterocycles.